The number of thiophene rings is 1. The number of hydrogen-bond acceptors (Lipinski definition) is 2. The lowest BCUT2D eigenvalue weighted by Gasteiger charge is -2.08. The molecule has 94 valence electrons. The molecule has 0 aliphatic heterocycles. The van der Waals surface area contributed by atoms with Gasteiger partial charge in [-0.15, -0.1) is 11.3 Å². The van der Waals surface area contributed by atoms with Crippen LogP contribution in [0.25, 0.3) is 11.1 Å². The van der Waals surface area contributed by atoms with Crippen LogP contribution < -0.4 is 0 Å². The second kappa shape index (κ2) is 4.53. The van der Waals surface area contributed by atoms with Gasteiger partial charge < -0.3 is 0 Å². The van der Waals surface area contributed by atoms with Gasteiger partial charge in [-0.3, -0.25) is 4.79 Å². The molecule has 0 unspecified atom stereocenters. The van der Waals surface area contributed by atoms with Crippen molar-refractivity contribution in [3.63, 3.8) is 0 Å². The fourth-order valence-electron chi connectivity index (χ4n) is 1.48. The molecule has 0 aliphatic rings. The number of halogens is 4. The molecule has 0 saturated carbocycles. The third-order valence-corrected chi connectivity index (χ3v) is 3.20. The molecule has 2 aromatic rings. The molecule has 0 aliphatic carbocycles. The summed E-state index contributed by atoms with van der Waals surface area (Å²) in [4.78, 5) is 10.9. The molecule has 1 heterocycles. The number of carbonyl (C=O) groups is 1. The maximum Gasteiger partial charge on any atom is 0.416 e. The average Bonchev–Trinajstić information content (AvgIpc) is 2.76. The second-order valence-electron chi connectivity index (χ2n) is 3.55. The fourth-order valence-corrected chi connectivity index (χ4v) is 2.19. The zero-order valence-electron chi connectivity index (χ0n) is 8.79. The van der Waals surface area contributed by atoms with Crippen LogP contribution in [0.2, 0.25) is 0 Å². The first kappa shape index (κ1) is 12.8. The summed E-state index contributed by atoms with van der Waals surface area (Å²) in [7, 11) is 0. The third kappa shape index (κ3) is 2.43. The summed E-state index contributed by atoms with van der Waals surface area (Å²) in [5.74, 6) is -0.958. The normalized spacial score (nSPS) is 11.6. The lowest BCUT2D eigenvalue weighted by molar-refractivity contribution is -0.137. The molecule has 18 heavy (non-hydrogen) atoms. The van der Waals surface area contributed by atoms with Gasteiger partial charge in [-0.2, -0.15) is 13.2 Å². The molecule has 6 heteroatoms. The number of alkyl halides is 3. The largest absolute Gasteiger partial charge is 0.416 e. The van der Waals surface area contributed by atoms with Crippen LogP contribution >= 0.6 is 11.3 Å². The Morgan fingerprint density at radius 3 is 2.39 bits per heavy atom. The van der Waals surface area contributed by atoms with Crippen LogP contribution in [0.5, 0.6) is 0 Å². The van der Waals surface area contributed by atoms with Crippen molar-refractivity contribution in [2.75, 3.05) is 0 Å². The Bertz CT molecular complexity index is 586. The Hall–Kier alpha value is -1.69. The molecule has 0 radical (unpaired) electrons. The third-order valence-electron chi connectivity index (χ3n) is 2.34. The van der Waals surface area contributed by atoms with Crippen molar-refractivity contribution in [1.29, 1.82) is 0 Å². The molecule has 1 nitrogen and oxygen atoms in total. The minimum Gasteiger partial charge on any atom is -0.297 e. The van der Waals surface area contributed by atoms with E-state index in [9.17, 15) is 22.4 Å². The van der Waals surface area contributed by atoms with E-state index in [-0.39, 0.29) is 5.56 Å². The van der Waals surface area contributed by atoms with Gasteiger partial charge in [0.1, 0.15) is 5.82 Å². The molecule has 0 bridgehead atoms. The first-order valence-electron chi connectivity index (χ1n) is 4.82. The fraction of sp³-hybridized carbons (Fsp3) is 0.0833. The summed E-state index contributed by atoms with van der Waals surface area (Å²) in [6, 6.07) is 3.77. The van der Waals surface area contributed by atoms with Crippen LogP contribution in [0.3, 0.4) is 0 Å². The molecule has 0 atom stereocenters. The first-order chi connectivity index (χ1) is 8.41. The van der Waals surface area contributed by atoms with Crippen molar-refractivity contribution in [3.05, 3.63) is 45.9 Å². The van der Waals surface area contributed by atoms with Crippen LogP contribution in [0.15, 0.2) is 29.6 Å². The van der Waals surface area contributed by atoms with E-state index in [1.165, 1.54) is 11.4 Å². The topological polar surface area (TPSA) is 17.1 Å². The molecule has 0 spiro atoms. The lowest BCUT2D eigenvalue weighted by atomic mass is 10.1. The molecular formula is C12H6F4OS. The summed E-state index contributed by atoms with van der Waals surface area (Å²) >= 11 is 1.11. The Kier molecular flexibility index (Phi) is 3.21. The number of carbonyl (C=O) groups excluding carboxylic acids is 1. The number of benzene rings is 1. The van der Waals surface area contributed by atoms with Gasteiger partial charge in [-0.1, -0.05) is 6.07 Å². The number of aldehydes is 1. The van der Waals surface area contributed by atoms with Crippen LogP contribution in [-0.4, -0.2) is 6.29 Å². The summed E-state index contributed by atoms with van der Waals surface area (Å²) in [6.45, 7) is 0. The SMILES string of the molecule is O=Cc1cc(-c2ccc(C(F)(F)F)cc2F)cs1. The van der Waals surface area contributed by atoms with E-state index >= 15 is 0 Å². The van der Waals surface area contributed by atoms with E-state index in [1.54, 1.807) is 0 Å². The number of hydrogen-bond donors (Lipinski definition) is 0. The molecular weight excluding hydrogens is 268 g/mol. The Morgan fingerprint density at radius 1 is 1.17 bits per heavy atom. The Balaban J connectivity index is 2.44. The van der Waals surface area contributed by atoms with Gasteiger partial charge in [-0.25, -0.2) is 4.39 Å². The van der Waals surface area contributed by atoms with Gasteiger partial charge in [-0.05, 0) is 29.1 Å². The Labute approximate surface area is 104 Å². The standard InChI is InChI=1S/C12H6F4OS/c13-11-4-8(12(14,15)16)1-2-10(11)7-3-9(5-17)18-6-7/h1-6H. The summed E-state index contributed by atoms with van der Waals surface area (Å²) in [5, 5.41) is 1.52. The van der Waals surface area contributed by atoms with Gasteiger partial charge in [0.2, 0.25) is 0 Å². The zero-order chi connectivity index (χ0) is 13.3. The molecule has 0 N–H and O–H groups in total. The molecule has 2 rings (SSSR count). The van der Waals surface area contributed by atoms with Gasteiger partial charge in [0.05, 0.1) is 10.4 Å². The van der Waals surface area contributed by atoms with E-state index < -0.39 is 17.6 Å². The highest BCUT2D eigenvalue weighted by molar-refractivity contribution is 7.12. The van der Waals surface area contributed by atoms with Crippen LogP contribution in [0.4, 0.5) is 17.6 Å². The van der Waals surface area contributed by atoms with E-state index in [1.807, 2.05) is 0 Å². The smallest absolute Gasteiger partial charge is 0.297 e. The molecule has 1 aromatic heterocycles. The van der Waals surface area contributed by atoms with E-state index in [0.29, 0.717) is 22.8 Å². The van der Waals surface area contributed by atoms with Crippen LogP contribution in [0, 0.1) is 5.82 Å². The zero-order valence-corrected chi connectivity index (χ0v) is 9.61. The maximum absolute atomic E-state index is 13.6. The highest BCUT2D eigenvalue weighted by Gasteiger charge is 2.31. The van der Waals surface area contributed by atoms with Crippen molar-refractivity contribution in [3.8, 4) is 11.1 Å². The van der Waals surface area contributed by atoms with Crippen LogP contribution in [-0.2, 0) is 6.18 Å². The highest BCUT2D eigenvalue weighted by atomic mass is 32.1. The van der Waals surface area contributed by atoms with Crippen molar-refractivity contribution in [2.45, 2.75) is 6.18 Å². The molecule has 0 amide bonds. The van der Waals surface area contributed by atoms with E-state index in [0.717, 1.165) is 23.5 Å². The molecule has 1 aromatic carbocycles. The summed E-state index contributed by atoms with van der Waals surface area (Å²) in [6.07, 6.45) is -3.96. The quantitative estimate of drug-likeness (QED) is 0.586. The lowest BCUT2D eigenvalue weighted by Crippen LogP contribution is -2.05. The highest BCUT2D eigenvalue weighted by Crippen LogP contribution is 2.33. The summed E-state index contributed by atoms with van der Waals surface area (Å²) in [5.41, 5.74) is -0.588. The molecule has 0 saturated heterocycles. The maximum atomic E-state index is 13.6. The predicted octanol–water partition coefficient (Wildman–Crippen LogP) is 4.39. The van der Waals surface area contributed by atoms with Gasteiger partial charge in [0.25, 0.3) is 0 Å². The second-order valence-corrected chi connectivity index (χ2v) is 4.49. The minimum absolute atomic E-state index is 0.0485. The van der Waals surface area contributed by atoms with Gasteiger partial charge in [0, 0.05) is 5.56 Å². The van der Waals surface area contributed by atoms with Crippen molar-refractivity contribution < 1.29 is 22.4 Å². The minimum atomic E-state index is -4.57. The van der Waals surface area contributed by atoms with Crippen molar-refractivity contribution >= 4 is 17.6 Å². The van der Waals surface area contributed by atoms with Crippen LogP contribution in [0.1, 0.15) is 15.2 Å². The van der Waals surface area contributed by atoms with Gasteiger partial charge >= 0.3 is 6.18 Å². The molecule has 0 fully saturated rings. The summed E-state index contributed by atoms with van der Waals surface area (Å²) < 4.78 is 50.6. The van der Waals surface area contributed by atoms with Gasteiger partial charge in [0.15, 0.2) is 6.29 Å². The predicted molar refractivity (Wildman–Crippen MR) is 60.1 cm³/mol. The van der Waals surface area contributed by atoms with E-state index in [4.69, 9.17) is 0 Å². The number of rotatable bonds is 2. The Morgan fingerprint density at radius 2 is 1.89 bits per heavy atom. The van der Waals surface area contributed by atoms with Crippen molar-refractivity contribution in [2.24, 2.45) is 0 Å². The van der Waals surface area contributed by atoms with E-state index in [2.05, 4.69) is 0 Å². The average molecular weight is 274 g/mol. The monoisotopic (exact) mass is 274 g/mol. The van der Waals surface area contributed by atoms with Crippen molar-refractivity contribution in [1.82, 2.24) is 0 Å². The first-order valence-corrected chi connectivity index (χ1v) is 5.70.